The molecule has 0 aliphatic heterocycles. The van der Waals surface area contributed by atoms with Gasteiger partial charge in [0, 0.05) is 17.1 Å². The largest absolute Gasteiger partial charge is 0.325 e. The Bertz CT molecular complexity index is 157. The Morgan fingerprint density at radius 1 is 1.31 bits per heavy atom. The van der Waals surface area contributed by atoms with Crippen LogP contribution in [0.15, 0.2) is 0 Å². The van der Waals surface area contributed by atoms with Crippen LogP contribution in [0.4, 0.5) is 0 Å². The van der Waals surface area contributed by atoms with Crippen molar-refractivity contribution in [2.75, 3.05) is 6.16 Å². The van der Waals surface area contributed by atoms with Gasteiger partial charge in [0.2, 0.25) is 0 Å². The van der Waals surface area contributed by atoms with E-state index in [-0.39, 0.29) is 29.1 Å². The van der Waals surface area contributed by atoms with Crippen LogP contribution >= 0.6 is 7.60 Å². The van der Waals surface area contributed by atoms with E-state index in [1.165, 1.54) is 0 Å². The van der Waals surface area contributed by atoms with Crippen LogP contribution in [0.25, 0.3) is 0 Å². The van der Waals surface area contributed by atoms with Gasteiger partial charge in [-0.05, 0) is 12.3 Å². The van der Waals surface area contributed by atoms with Crippen molar-refractivity contribution in [2.24, 2.45) is 5.92 Å². The molecule has 13 heavy (non-hydrogen) atoms. The Morgan fingerprint density at radius 3 is 2.15 bits per heavy atom. The fourth-order valence-corrected chi connectivity index (χ4v) is 2.37. The van der Waals surface area contributed by atoms with E-state index in [4.69, 9.17) is 9.79 Å². The second-order valence-corrected chi connectivity index (χ2v) is 4.96. The summed E-state index contributed by atoms with van der Waals surface area (Å²) in [5.74, 6) is 0.200. The van der Waals surface area contributed by atoms with Crippen molar-refractivity contribution < 1.29 is 31.4 Å². The maximum Gasteiger partial charge on any atom is 0.325 e. The van der Waals surface area contributed by atoms with Gasteiger partial charge in [-0.2, -0.15) is 0 Å². The third kappa shape index (κ3) is 10.6. The molecule has 5 heteroatoms. The fraction of sp³-hybridized carbons (Fsp3) is 1.00. The second kappa shape index (κ2) is 8.02. The van der Waals surface area contributed by atoms with Gasteiger partial charge in [-0.3, -0.25) is 4.57 Å². The average molecular weight is 258 g/mol. The molecule has 1 unspecified atom stereocenters. The molecule has 1 radical (unpaired) electrons. The summed E-state index contributed by atoms with van der Waals surface area (Å²) < 4.78 is 10.7. The zero-order valence-corrected chi connectivity index (χ0v) is 10.0. The summed E-state index contributed by atoms with van der Waals surface area (Å²) in [6, 6.07) is 0. The SMILES string of the molecule is CCCCC(CC)CP(=O)(O)O.[Cu]. The molecule has 0 saturated heterocycles. The number of hydrogen-bond acceptors (Lipinski definition) is 1. The molecule has 0 aromatic carbocycles. The molecule has 0 fully saturated rings. The summed E-state index contributed by atoms with van der Waals surface area (Å²) >= 11 is 0. The van der Waals surface area contributed by atoms with Crippen LogP contribution in [-0.2, 0) is 21.6 Å². The minimum atomic E-state index is -3.78. The molecule has 0 aliphatic rings. The molecule has 0 aromatic rings. The molecular weight excluding hydrogens is 239 g/mol. The standard InChI is InChI=1S/C8H19O3P.Cu/c1-3-5-6-8(4-2)7-12(9,10)11;/h8H,3-7H2,1-2H3,(H2,9,10,11);. The second-order valence-electron chi connectivity index (χ2n) is 3.26. The Morgan fingerprint density at radius 2 is 1.85 bits per heavy atom. The van der Waals surface area contributed by atoms with Crippen LogP contribution in [0.5, 0.6) is 0 Å². The molecule has 0 aromatic heterocycles. The molecule has 0 amide bonds. The number of rotatable bonds is 6. The van der Waals surface area contributed by atoms with E-state index in [9.17, 15) is 4.57 Å². The van der Waals surface area contributed by atoms with E-state index in [1.807, 2.05) is 6.92 Å². The first-order chi connectivity index (χ1) is 5.49. The molecule has 0 aliphatic carbocycles. The summed E-state index contributed by atoms with van der Waals surface area (Å²) in [6.45, 7) is 4.07. The van der Waals surface area contributed by atoms with Crippen molar-refractivity contribution in [3.05, 3.63) is 0 Å². The van der Waals surface area contributed by atoms with Crippen molar-refractivity contribution in [3.63, 3.8) is 0 Å². The maximum absolute atomic E-state index is 10.7. The molecule has 0 spiro atoms. The van der Waals surface area contributed by atoms with Crippen molar-refractivity contribution in [2.45, 2.75) is 39.5 Å². The fourth-order valence-electron chi connectivity index (χ4n) is 1.25. The Kier molecular flexibility index (Phi) is 9.94. The molecule has 0 bridgehead atoms. The van der Waals surface area contributed by atoms with E-state index >= 15 is 0 Å². The Hall–Kier alpha value is 0.669. The molecule has 0 heterocycles. The van der Waals surface area contributed by atoms with Gasteiger partial charge in [0.1, 0.15) is 0 Å². The first-order valence-electron chi connectivity index (χ1n) is 4.54. The third-order valence-corrected chi connectivity index (χ3v) is 3.03. The van der Waals surface area contributed by atoms with E-state index in [0.717, 1.165) is 25.7 Å². The third-order valence-electron chi connectivity index (χ3n) is 2.04. The monoisotopic (exact) mass is 257 g/mol. The number of unbranched alkanes of at least 4 members (excludes halogenated alkanes) is 1. The van der Waals surface area contributed by atoms with Crippen LogP contribution < -0.4 is 0 Å². The predicted molar refractivity (Wildman–Crippen MR) is 50.2 cm³/mol. The Labute approximate surface area is 90.9 Å². The minimum Gasteiger partial charge on any atom is -0.324 e. The van der Waals surface area contributed by atoms with Gasteiger partial charge in [-0.15, -0.1) is 0 Å². The van der Waals surface area contributed by atoms with Crippen LogP contribution in [0, 0.1) is 5.92 Å². The summed E-state index contributed by atoms with van der Waals surface area (Å²) in [5, 5.41) is 0. The van der Waals surface area contributed by atoms with Crippen LogP contribution in [-0.4, -0.2) is 15.9 Å². The van der Waals surface area contributed by atoms with Crippen LogP contribution in [0.3, 0.4) is 0 Å². The molecule has 1 atom stereocenters. The first-order valence-corrected chi connectivity index (χ1v) is 6.34. The van der Waals surface area contributed by atoms with Gasteiger partial charge in [0.05, 0.1) is 6.16 Å². The van der Waals surface area contributed by atoms with Crippen LogP contribution in [0.2, 0.25) is 0 Å². The van der Waals surface area contributed by atoms with Gasteiger partial charge in [0.15, 0.2) is 0 Å². The zero-order valence-electron chi connectivity index (χ0n) is 8.16. The topological polar surface area (TPSA) is 57.5 Å². The van der Waals surface area contributed by atoms with Crippen molar-refractivity contribution in [1.82, 2.24) is 0 Å². The predicted octanol–water partition coefficient (Wildman–Crippen LogP) is 2.38. The molecule has 0 rings (SSSR count). The van der Waals surface area contributed by atoms with Crippen molar-refractivity contribution in [3.8, 4) is 0 Å². The van der Waals surface area contributed by atoms with Gasteiger partial charge >= 0.3 is 7.60 Å². The minimum absolute atomic E-state index is 0. The smallest absolute Gasteiger partial charge is 0.324 e. The van der Waals surface area contributed by atoms with E-state index in [0.29, 0.717) is 0 Å². The summed E-state index contributed by atoms with van der Waals surface area (Å²) in [6.07, 6.45) is 4.03. The molecular formula is C8H19CuO3P. The molecule has 2 N–H and O–H groups in total. The summed E-state index contributed by atoms with van der Waals surface area (Å²) in [7, 11) is -3.78. The van der Waals surface area contributed by atoms with E-state index in [2.05, 4.69) is 6.92 Å². The van der Waals surface area contributed by atoms with Gasteiger partial charge in [-0.1, -0.05) is 33.1 Å². The van der Waals surface area contributed by atoms with E-state index < -0.39 is 7.60 Å². The molecule has 0 saturated carbocycles. The van der Waals surface area contributed by atoms with Gasteiger partial charge in [0.25, 0.3) is 0 Å². The quantitative estimate of drug-likeness (QED) is 0.567. The normalized spacial score (nSPS) is 13.5. The first kappa shape index (κ1) is 16.1. The van der Waals surface area contributed by atoms with Gasteiger partial charge in [-0.25, -0.2) is 0 Å². The van der Waals surface area contributed by atoms with Crippen molar-refractivity contribution in [1.29, 1.82) is 0 Å². The molecule has 3 nitrogen and oxygen atoms in total. The zero-order chi connectivity index (χ0) is 9.61. The van der Waals surface area contributed by atoms with Gasteiger partial charge < -0.3 is 9.79 Å². The maximum atomic E-state index is 10.7. The summed E-state index contributed by atoms with van der Waals surface area (Å²) in [4.78, 5) is 17.5. The Balaban J connectivity index is 0. The average Bonchev–Trinajstić information content (AvgIpc) is 1.95. The molecule has 85 valence electrons. The van der Waals surface area contributed by atoms with E-state index in [1.54, 1.807) is 0 Å². The van der Waals surface area contributed by atoms with Crippen molar-refractivity contribution >= 4 is 7.60 Å². The summed E-state index contributed by atoms with van der Waals surface area (Å²) in [5.41, 5.74) is 0. The number of hydrogen-bond donors (Lipinski definition) is 2. The van der Waals surface area contributed by atoms with Crippen LogP contribution in [0.1, 0.15) is 39.5 Å².